The van der Waals surface area contributed by atoms with Gasteiger partial charge in [0.2, 0.25) is 0 Å². The first-order valence-corrected chi connectivity index (χ1v) is 48.9. The Kier molecular flexibility index (Phi) is 18.1. The first-order chi connectivity index (χ1) is 61.1. The molecule has 0 radical (unpaired) electrons. The zero-order valence-electron chi connectivity index (χ0n) is 67.8. The molecule has 4 aliphatic heterocycles. The molecule has 19 aromatic carbocycles. The van der Waals surface area contributed by atoms with Gasteiger partial charge in [-0.25, -0.2) is 0 Å². The summed E-state index contributed by atoms with van der Waals surface area (Å²) in [4.78, 5) is 10.2. The molecule has 0 saturated carbocycles. The number of nitrogens with zero attached hydrogens (tertiary/aromatic N) is 4. The Morgan fingerprint density at radius 1 is 0.138 bits per heavy atom. The van der Waals surface area contributed by atoms with E-state index in [4.69, 9.17) is 0 Å². The van der Waals surface area contributed by atoms with Crippen molar-refractivity contribution in [3.05, 3.63) is 497 Å². The van der Waals surface area contributed by atoms with Crippen molar-refractivity contribution in [3.63, 3.8) is 0 Å². The maximum absolute atomic E-state index is 3.32. The molecular formula is C114H82B2N4Si3. The largest absolute Gasteiger partial charge is 0.311 e. The fourth-order valence-electron chi connectivity index (χ4n) is 21.6. The topological polar surface area (TPSA) is 13.0 Å². The molecule has 0 spiro atoms. The molecule has 23 rings (SSSR count). The van der Waals surface area contributed by atoms with Crippen LogP contribution >= 0.6 is 0 Å². The molecule has 0 atom stereocenters. The van der Waals surface area contributed by atoms with Crippen molar-refractivity contribution in [2.24, 2.45) is 0 Å². The van der Waals surface area contributed by atoms with Gasteiger partial charge < -0.3 is 19.6 Å². The molecule has 0 saturated heterocycles. The second kappa shape index (κ2) is 30.4. The second-order valence-electron chi connectivity index (χ2n) is 32.8. The monoisotopic (exact) mass is 1610 g/mol. The SMILES string of the molecule is c1ccc(N2c3ccccc3B3c4cc([Si](c5ccccc5)(c5ccccc5)c5ccc(-c6ccc([Si](c7ccccc7)(c7ccccc7)c7cc8c9c(c7)N(c7ccccc7)c7ccccc7B9c7ccccc7N8c7ccccc7)cc6)cc5)ccc4N(c4ccc([Si](c5ccccc5)(c5ccccc5)c5ccccc5)cc4)c4cccc2c43)cc1. The van der Waals surface area contributed by atoms with Gasteiger partial charge in [0, 0.05) is 68.2 Å². The molecule has 576 valence electrons. The van der Waals surface area contributed by atoms with Gasteiger partial charge in [-0.1, -0.05) is 400 Å². The summed E-state index contributed by atoms with van der Waals surface area (Å²) in [6.45, 7) is -0.129. The van der Waals surface area contributed by atoms with E-state index >= 15 is 0 Å². The highest BCUT2D eigenvalue weighted by Crippen LogP contribution is 2.47. The third-order valence-electron chi connectivity index (χ3n) is 26.7. The van der Waals surface area contributed by atoms with Crippen molar-refractivity contribution < 1.29 is 0 Å². The second-order valence-corrected chi connectivity index (χ2v) is 44.2. The van der Waals surface area contributed by atoms with Crippen LogP contribution in [0, 0.1) is 0 Å². The van der Waals surface area contributed by atoms with Gasteiger partial charge in [-0.2, -0.15) is 0 Å². The van der Waals surface area contributed by atoms with Crippen LogP contribution < -0.4 is 115 Å². The first kappa shape index (κ1) is 73.3. The number of rotatable bonds is 17. The predicted molar refractivity (Wildman–Crippen MR) is 531 cm³/mol. The van der Waals surface area contributed by atoms with Gasteiger partial charge in [0.15, 0.2) is 24.2 Å². The molecule has 0 bridgehead atoms. The molecule has 4 heterocycles. The molecule has 19 aromatic rings. The Bertz CT molecular complexity index is 6830. The molecule has 9 heteroatoms. The van der Waals surface area contributed by atoms with Gasteiger partial charge in [-0.3, -0.25) is 0 Å². The van der Waals surface area contributed by atoms with Crippen molar-refractivity contribution in [3.8, 4) is 11.1 Å². The zero-order chi connectivity index (χ0) is 81.4. The van der Waals surface area contributed by atoms with E-state index < -0.39 is 24.2 Å². The van der Waals surface area contributed by atoms with Gasteiger partial charge in [0.1, 0.15) is 0 Å². The molecule has 0 aliphatic carbocycles. The Balaban J connectivity index is 0.698. The van der Waals surface area contributed by atoms with Crippen molar-refractivity contribution in [2.45, 2.75) is 0 Å². The quantitative estimate of drug-likeness (QED) is 0.0665. The number of hydrogen-bond acceptors (Lipinski definition) is 4. The number of benzene rings is 19. The van der Waals surface area contributed by atoms with Crippen molar-refractivity contribution >= 4 is 201 Å². The van der Waals surface area contributed by atoms with Crippen LogP contribution in [-0.4, -0.2) is 37.6 Å². The van der Waals surface area contributed by atoms with Crippen LogP contribution in [-0.2, 0) is 0 Å². The predicted octanol–water partition coefficient (Wildman–Crippen LogP) is 15.7. The summed E-state index contributed by atoms with van der Waals surface area (Å²) >= 11 is 0. The number of fused-ring (bicyclic) bond motifs is 8. The molecule has 0 N–H and O–H groups in total. The van der Waals surface area contributed by atoms with Crippen molar-refractivity contribution in [1.29, 1.82) is 0 Å². The van der Waals surface area contributed by atoms with Gasteiger partial charge in [0.05, 0.1) is 0 Å². The van der Waals surface area contributed by atoms with E-state index in [1.54, 1.807) is 0 Å². The van der Waals surface area contributed by atoms with Gasteiger partial charge in [0.25, 0.3) is 13.4 Å². The van der Waals surface area contributed by atoms with Crippen LogP contribution in [0.4, 0.5) is 68.2 Å². The highest BCUT2D eigenvalue weighted by Gasteiger charge is 2.51. The summed E-state index contributed by atoms with van der Waals surface area (Å²) in [5.74, 6) is 0. The standard InChI is InChI=1S/C114H82B2N4Si3/c1-11-38-85(39-12-1)117-105-61-34-33-60-103(105)116-104-80-99(78-79-108(104)118(110-65-37-64-109(117)113(110)116)88-70-76-98(77-71-88)121(89-44-17-4-18-45-89,90-46-19-5-20-47-90)91-48-21-6-22-49-91)122(92-50-23-7-24-51-92,93-52-25-8-26-53-93)96-72-66-83(67-73-96)84-68-74-97(75-69-84)123(94-54-27-9-28-55-94,95-56-29-10-30-57-95)100-81-111-114-112(82-100)120(87-42-15-3-16-43-87)107-63-36-32-59-102(107)115(114)101-58-31-35-62-106(101)119(111)86-40-13-2-14-41-86/h1-82H. The number of anilines is 12. The number of para-hydroxylation sites is 6. The lowest BCUT2D eigenvalue weighted by Crippen LogP contribution is -2.75. The number of hydrogen-bond donors (Lipinski definition) is 0. The van der Waals surface area contributed by atoms with Crippen LogP contribution in [0.1, 0.15) is 0 Å². The minimum absolute atomic E-state index is 0.0152. The molecule has 0 aromatic heterocycles. The van der Waals surface area contributed by atoms with E-state index in [1.807, 2.05) is 0 Å². The van der Waals surface area contributed by atoms with E-state index in [-0.39, 0.29) is 13.4 Å². The summed E-state index contributed by atoms with van der Waals surface area (Å²) in [7, 11) is -9.47. The van der Waals surface area contributed by atoms with E-state index in [0.717, 1.165) is 33.9 Å². The van der Waals surface area contributed by atoms with E-state index in [1.165, 1.54) is 141 Å². The van der Waals surface area contributed by atoms with Crippen LogP contribution in [0.2, 0.25) is 0 Å². The Morgan fingerprint density at radius 3 is 0.691 bits per heavy atom. The Morgan fingerprint density at radius 2 is 0.358 bits per heavy atom. The summed E-state index contributed by atoms with van der Waals surface area (Å²) in [6, 6.07) is 190. The Labute approximate surface area is 723 Å². The minimum Gasteiger partial charge on any atom is -0.311 e. The average molecular weight is 1610 g/mol. The minimum atomic E-state index is -3.32. The lowest BCUT2D eigenvalue weighted by atomic mass is 9.33. The molecule has 0 amide bonds. The van der Waals surface area contributed by atoms with E-state index in [0.29, 0.717) is 0 Å². The summed E-state index contributed by atoms with van der Waals surface area (Å²) in [5, 5.41) is 15.9. The third-order valence-corrected chi connectivity index (χ3v) is 41.0. The van der Waals surface area contributed by atoms with Gasteiger partial charge >= 0.3 is 0 Å². The van der Waals surface area contributed by atoms with Crippen LogP contribution in [0.5, 0.6) is 0 Å². The van der Waals surface area contributed by atoms with Crippen LogP contribution in [0.25, 0.3) is 11.1 Å². The molecule has 0 unspecified atom stereocenters. The molecule has 4 nitrogen and oxygen atoms in total. The smallest absolute Gasteiger partial charge is 0.252 e. The van der Waals surface area contributed by atoms with Crippen LogP contribution in [0.3, 0.4) is 0 Å². The summed E-state index contributed by atoms with van der Waals surface area (Å²) < 4.78 is 0. The normalized spacial score (nSPS) is 12.9. The zero-order valence-corrected chi connectivity index (χ0v) is 70.8. The molecule has 0 fully saturated rings. The third kappa shape index (κ3) is 11.6. The van der Waals surface area contributed by atoms with E-state index in [2.05, 4.69) is 517 Å². The fourth-order valence-corrected chi connectivity index (χ4v) is 35.8. The van der Waals surface area contributed by atoms with Crippen LogP contribution in [0.15, 0.2) is 497 Å². The van der Waals surface area contributed by atoms with E-state index in [9.17, 15) is 0 Å². The Hall–Kier alpha value is -14.8. The fraction of sp³-hybridized carbons (Fsp3) is 0. The maximum Gasteiger partial charge on any atom is 0.252 e. The molecule has 4 aliphatic rings. The van der Waals surface area contributed by atoms with Gasteiger partial charge in [-0.15, -0.1) is 0 Å². The lowest BCUT2D eigenvalue weighted by molar-refractivity contribution is 1.25. The highest BCUT2D eigenvalue weighted by molar-refractivity contribution is 7.21. The lowest BCUT2D eigenvalue weighted by Gasteiger charge is -2.45. The molecular weight excluding hydrogens is 1530 g/mol. The van der Waals surface area contributed by atoms with Gasteiger partial charge in [-0.05, 0) is 203 Å². The highest BCUT2D eigenvalue weighted by atomic mass is 28.3. The van der Waals surface area contributed by atoms with Crippen molar-refractivity contribution in [2.75, 3.05) is 19.6 Å². The van der Waals surface area contributed by atoms with Crippen molar-refractivity contribution in [1.82, 2.24) is 0 Å². The average Bonchev–Trinajstić information content (AvgIpc) is 0.673. The maximum atomic E-state index is 2.66. The first-order valence-electron chi connectivity index (χ1n) is 42.9. The summed E-state index contributed by atoms with van der Waals surface area (Å²) in [6.07, 6.45) is 0. The summed E-state index contributed by atoms with van der Waals surface area (Å²) in [5.41, 5.74) is 24.1. The molecule has 123 heavy (non-hydrogen) atoms.